The second-order valence-corrected chi connectivity index (χ2v) is 7.89. The highest BCUT2D eigenvalue weighted by atomic mass is 16.3. The van der Waals surface area contributed by atoms with E-state index < -0.39 is 0 Å². The second-order valence-electron chi connectivity index (χ2n) is 7.89. The maximum Gasteiger partial charge on any atom is 0.0443 e. The van der Waals surface area contributed by atoms with Crippen LogP contribution in [0.2, 0.25) is 0 Å². The second kappa shape index (κ2) is 9.12. The predicted octanol–water partition coefficient (Wildman–Crippen LogP) is 3.27. The average molecular weight is 299 g/mol. The van der Waals surface area contributed by atoms with Crippen molar-refractivity contribution < 1.29 is 5.11 Å². The van der Waals surface area contributed by atoms with E-state index in [1.807, 2.05) is 0 Å². The lowest BCUT2D eigenvalue weighted by atomic mass is 9.69. The number of aliphatic hydroxyl groups excluding tert-OH is 1. The summed E-state index contributed by atoms with van der Waals surface area (Å²) in [5.41, 5.74) is 0.481. The molecule has 1 fully saturated rings. The molecular weight excluding hydrogens is 260 g/mol. The van der Waals surface area contributed by atoms with Gasteiger partial charge >= 0.3 is 0 Å². The summed E-state index contributed by atoms with van der Waals surface area (Å²) in [7, 11) is 0. The van der Waals surface area contributed by atoms with Crippen molar-refractivity contribution in [2.24, 2.45) is 11.3 Å². The van der Waals surface area contributed by atoms with Crippen LogP contribution in [0.1, 0.15) is 66.7 Å². The minimum absolute atomic E-state index is 0.302. The Labute approximate surface area is 132 Å². The molecule has 0 aromatic rings. The molecule has 2 unspecified atom stereocenters. The summed E-state index contributed by atoms with van der Waals surface area (Å²) in [6.45, 7) is 15.3. The lowest BCUT2D eigenvalue weighted by molar-refractivity contribution is 0.0839. The first-order chi connectivity index (χ1) is 9.89. The maximum absolute atomic E-state index is 9.11. The Balaban J connectivity index is 2.65. The summed E-state index contributed by atoms with van der Waals surface area (Å²) < 4.78 is 0. The summed E-state index contributed by atoms with van der Waals surface area (Å²) in [4.78, 5) is 2.56. The molecule has 3 heteroatoms. The average Bonchev–Trinajstić information content (AvgIpc) is 2.41. The van der Waals surface area contributed by atoms with Crippen molar-refractivity contribution in [1.29, 1.82) is 0 Å². The molecule has 2 N–H and O–H groups in total. The van der Waals surface area contributed by atoms with Crippen LogP contribution in [0.25, 0.3) is 0 Å². The quantitative estimate of drug-likeness (QED) is 0.686. The van der Waals surface area contributed by atoms with Crippen LogP contribution in [0.3, 0.4) is 0 Å². The van der Waals surface area contributed by atoms with Crippen molar-refractivity contribution in [2.75, 3.05) is 26.2 Å². The minimum atomic E-state index is 0.302. The Kier molecular flexibility index (Phi) is 8.22. The molecule has 0 aromatic carbocycles. The van der Waals surface area contributed by atoms with Gasteiger partial charge in [-0.1, -0.05) is 20.8 Å². The predicted molar refractivity (Wildman–Crippen MR) is 91.6 cm³/mol. The Morgan fingerprint density at radius 1 is 1.33 bits per heavy atom. The van der Waals surface area contributed by atoms with Gasteiger partial charge in [0.05, 0.1) is 0 Å². The van der Waals surface area contributed by atoms with Crippen LogP contribution in [0.4, 0.5) is 0 Å². The van der Waals surface area contributed by atoms with Crippen molar-refractivity contribution >= 4 is 0 Å². The van der Waals surface area contributed by atoms with Crippen molar-refractivity contribution in [3.05, 3.63) is 0 Å². The van der Waals surface area contributed by atoms with Gasteiger partial charge in [-0.15, -0.1) is 0 Å². The van der Waals surface area contributed by atoms with Gasteiger partial charge in [0, 0.05) is 31.8 Å². The van der Waals surface area contributed by atoms with Gasteiger partial charge in [0.2, 0.25) is 0 Å². The summed E-state index contributed by atoms with van der Waals surface area (Å²) in [6.07, 6.45) is 6.07. The van der Waals surface area contributed by atoms with Crippen LogP contribution in [0.5, 0.6) is 0 Å². The first kappa shape index (κ1) is 18.9. The molecule has 0 radical (unpaired) electrons. The van der Waals surface area contributed by atoms with E-state index in [2.05, 4.69) is 44.8 Å². The molecule has 0 saturated heterocycles. The number of aliphatic hydroxyl groups is 1. The van der Waals surface area contributed by atoms with Crippen molar-refractivity contribution in [3.63, 3.8) is 0 Å². The molecule has 1 saturated carbocycles. The molecule has 3 nitrogen and oxygen atoms in total. The fourth-order valence-corrected chi connectivity index (χ4v) is 3.66. The van der Waals surface area contributed by atoms with Crippen LogP contribution in [-0.2, 0) is 0 Å². The zero-order valence-corrected chi connectivity index (χ0v) is 15.0. The van der Waals surface area contributed by atoms with Crippen LogP contribution < -0.4 is 5.32 Å². The molecule has 0 bridgehead atoms. The van der Waals surface area contributed by atoms with Crippen LogP contribution in [0, 0.1) is 11.3 Å². The highest BCUT2D eigenvalue weighted by molar-refractivity contribution is 4.90. The lowest BCUT2D eigenvalue weighted by Gasteiger charge is -2.44. The van der Waals surface area contributed by atoms with E-state index in [9.17, 15) is 0 Å². The molecule has 0 aromatic heterocycles. The molecule has 2 atom stereocenters. The summed E-state index contributed by atoms with van der Waals surface area (Å²) in [6, 6.07) is 1.24. The number of hydrogen-bond donors (Lipinski definition) is 2. The van der Waals surface area contributed by atoms with Gasteiger partial charge in [0.1, 0.15) is 0 Å². The van der Waals surface area contributed by atoms with E-state index in [-0.39, 0.29) is 0 Å². The van der Waals surface area contributed by atoms with Gasteiger partial charge in [0.15, 0.2) is 0 Å². The van der Waals surface area contributed by atoms with Gasteiger partial charge in [0.25, 0.3) is 0 Å². The van der Waals surface area contributed by atoms with Gasteiger partial charge in [-0.2, -0.15) is 0 Å². The molecule has 0 heterocycles. The van der Waals surface area contributed by atoms with Gasteiger partial charge in [-0.05, 0) is 63.8 Å². The standard InChI is InChI=1S/C18H38N2O/c1-6-10-19-17-8-9-18(4,5)13-16(17)14-20(15(2)3)11-7-12-21/h15-17,19,21H,6-14H2,1-5H3. The Bertz CT molecular complexity index is 278. The normalized spacial score (nSPS) is 25.7. The highest BCUT2D eigenvalue weighted by Crippen LogP contribution is 2.39. The lowest BCUT2D eigenvalue weighted by Crippen LogP contribution is -2.49. The van der Waals surface area contributed by atoms with Crippen molar-refractivity contribution in [2.45, 2.75) is 78.8 Å². The van der Waals surface area contributed by atoms with Crippen molar-refractivity contribution in [1.82, 2.24) is 10.2 Å². The summed E-state index contributed by atoms with van der Waals surface area (Å²) >= 11 is 0. The highest BCUT2D eigenvalue weighted by Gasteiger charge is 2.35. The zero-order valence-electron chi connectivity index (χ0n) is 15.0. The Morgan fingerprint density at radius 3 is 2.62 bits per heavy atom. The molecular formula is C18H38N2O. The Hall–Kier alpha value is -0.120. The van der Waals surface area contributed by atoms with Crippen LogP contribution >= 0.6 is 0 Å². The van der Waals surface area contributed by atoms with Gasteiger partial charge in [-0.3, -0.25) is 0 Å². The first-order valence-electron chi connectivity index (χ1n) is 8.98. The van der Waals surface area contributed by atoms with Crippen molar-refractivity contribution in [3.8, 4) is 0 Å². The van der Waals surface area contributed by atoms with Crippen LogP contribution in [-0.4, -0.2) is 48.3 Å². The first-order valence-corrected chi connectivity index (χ1v) is 8.98. The van der Waals surface area contributed by atoms with Crippen LogP contribution in [0.15, 0.2) is 0 Å². The number of rotatable bonds is 9. The number of nitrogens with zero attached hydrogens (tertiary/aromatic N) is 1. The summed E-state index contributed by atoms with van der Waals surface area (Å²) in [5, 5.41) is 12.9. The third kappa shape index (κ3) is 6.66. The largest absolute Gasteiger partial charge is 0.396 e. The third-order valence-electron chi connectivity index (χ3n) is 4.98. The van der Waals surface area contributed by atoms with E-state index in [1.165, 1.54) is 32.2 Å². The Morgan fingerprint density at radius 2 is 2.05 bits per heavy atom. The monoisotopic (exact) mass is 298 g/mol. The van der Waals surface area contributed by atoms with E-state index in [4.69, 9.17) is 5.11 Å². The minimum Gasteiger partial charge on any atom is -0.396 e. The van der Waals surface area contributed by atoms with E-state index in [0.29, 0.717) is 24.1 Å². The third-order valence-corrected chi connectivity index (χ3v) is 4.98. The fraction of sp³-hybridized carbons (Fsp3) is 1.00. The molecule has 0 spiro atoms. The number of hydrogen-bond acceptors (Lipinski definition) is 3. The molecule has 1 rings (SSSR count). The molecule has 21 heavy (non-hydrogen) atoms. The molecule has 1 aliphatic rings. The van der Waals surface area contributed by atoms with Gasteiger partial charge < -0.3 is 15.3 Å². The van der Waals surface area contributed by atoms with Gasteiger partial charge in [-0.25, -0.2) is 0 Å². The molecule has 0 amide bonds. The topological polar surface area (TPSA) is 35.5 Å². The molecule has 126 valence electrons. The number of nitrogens with one attached hydrogen (secondary N) is 1. The molecule has 0 aliphatic heterocycles. The van der Waals surface area contributed by atoms with E-state index in [0.717, 1.165) is 25.4 Å². The molecule has 1 aliphatic carbocycles. The SMILES string of the molecule is CCCNC1CCC(C)(C)CC1CN(CCCO)C(C)C. The van der Waals surface area contributed by atoms with E-state index in [1.54, 1.807) is 0 Å². The fourth-order valence-electron chi connectivity index (χ4n) is 3.66. The maximum atomic E-state index is 9.11. The van der Waals surface area contributed by atoms with E-state index >= 15 is 0 Å². The summed E-state index contributed by atoms with van der Waals surface area (Å²) in [5.74, 6) is 0.737. The smallest absolute Gasteiger partial charge is 0.0443 e. The zero-order chi connectivity index (χ0) is 15.9.